The Balaban J connectivity index is 0. The zero-order valence-corrected chi connectivity index (χ0v) is 17.9. The molecule has 1 aliphatic heterocycles. The molecule has 0 radical (unpaired) electrons. The molecule has 0 aliphatic carbocycles. The Morgan fingerprint density at radius 1 is 0.760 bits per heavy atom. The number of nitrogens with zero attached hydrogens (tertiary/aromatic N) is 2. The molecule has 0 atom stereocenters. The highest BCUT2D eigenvalue weighted by molar-refractivity contribution is 7.99. The van der Waals surface area contributed by atoms with Gasteiger partial charge in [-0.1, -0.05) is 59.5 Å². The normalized spacial score (nSPS) is 13.2. The molecule has 150 valence electrons. The maximum absolute atomic E-state index is 5.29. The first-order valence-electron chi connectivity index (χ1n) is 10.0. The van der Waals surface area contributed by atoms with Gasteiger partial charge in [-0.05, 0) is 49.1 Å². The maximum Gasteiger partial charge on any atom is 0.0786 e. The molecule has 3 nitrogen and oxygen atoms in total. The minimum atomic E-state index is 0. The van der Waals surface area contributed by atoms with Crippen molar-refractivity contribution in [1.29, 1.82) is 0 Å². The summed E-state index contributed by atoms with van der Waals surface area (Å²) in [6.07, 6.45) is 16.7. The Hall–Kier alpha value is -0.520. The summed E-state index contributed by atoms with van der Waals surface area (Å²) in [6.45, 7) is 15.0. The Kier molecular flexibility index (Phi) is 19.5. The number of allylic oxidation sites excluding steroid dienone is 2. The van der Waals surface area contributed by atoms with Crippen molar-refractivity contribution in [2.45, 2.75) is 79.1 Å². The second-order valence-corrected chi connectivity index (χ2v) is 7.69. The van der Waals surface area contributed by atoms with Crippen LogP contribution >= 0.6 is 11.9 Å². The van der Waals surface area contributed by atoms with Gasteiger partial charge in [0.15, 0.2) is 0 Å². The van der Waals surface area contributed by atoms with Gasteiger partial charge in [-0.15, -0.1) is 0 Å². The van der Waals surface area contributed by atoms with Crippen molar-refractivity contribution in [3.05, 3.63) is 23.8 Å². The highest BCUT2D eigenvalue weighted by Crippen LogP contribution is 2.16. The minimum Gasteiger partial charge on any atom is -1.00 e. The van der Waals surface area contributed by atoms with Crippen LogP contribution in [0.4, 0.5) is 0 Å². The molecule has 0 saturated carbocycles. The number of unbranched alkanes of at least 4 members (excludes halogenated alkanes) is 4. The van der Waals surface area contributed by atoms with Crippen molar-refractivity contribution in [1.82, 2.24) is 4.41 Å². The summed E-state index contributed by atoms with van der Waals surface area (Å²) in [4.78, 5) is 0. The summed E-state index contributed by atoms with van der Waals surface area (Å²) < 4.78 is 2.96. The number of hydrogen-bond acceptors (Lipinski definition) is 3. The molecule has 0 unspecified atom stereocenters. The fourth-order valence-electron chi connectivity index (χ4n) is 2.97. The number of nitrogens with two attached hydrogens (primary N) is 1. The van der Waals surface area contributed by atoms with Crippen LogP contribution in [0.3, 0.4) is 0 Å². The van der Waals surface area contributed by atoms with Crippen LogP contribution in [0, 0.1) is 0 Å². The summed E-state index contributed by atoms with van der Waals surface area (Å²) in [7, 11) is 0. The maximum atomic E-state index is 5.29. The average Bonchev–Trinajstić information content (AvgIpc) is 2.62. The lowest BCUT2D eigenvalue weighted by Crippen LogP contribution is -3.00. The second-order valence-electron chi connectivity index (χ2n) is 6.79. The van der Waals surface area contributed by atoms with Gasteiger partial charge in [0.25, 0.3) is 0 Å². The predicted octanol–water partition coefficient (Wildman–Crippen LogP) is 2.86. The summed E-state index contributed by atoms with van der Waals surface area (Å²) in [6, 6.07) is 0. The lowest BCUT2D eigenvalue weighted by molar-refractivity contribution is -0.929. The fourth-order valence-corrected chi connectivity index (χ4v) is 3.41. The van der Waals surface area contributed by atoms with E-state index in [1.165, 1.54) is 94.0 Å². The first kappa shape index (κ1) is 26.7. The molecule has 0 amide bonds. The molecule has 25 heavy (non-hydrogen) atoms. The molecule has 0 spiro atoms. The van der Waals surface area contributed by atoms with Crippen LogP contribution in [0.15, 0.2) is 23.8 Å². The van der Waals surface area contributed by atoms with Gasteiger partial charge >= 0.3 is 0 Å². The summed E-state index contributed by atoms with van der Waals surface area (Å²) in [5.74, 6) is 5.29. The Bertz CT molecular complexity index is 297. The van der Waals surface area contributed by atoms with E-state index in [0.717, 1.165) is 0 Å². The van der Waals surface area contributed by atoms with Crippen LogP contribution in [-0.4, -0.2) is 35.1 Å². The monoisotopic (exact) mass is 375 g/mol. The number of rotatable bonds is 12. The van der Waals surface area contributed by atoms with Gasteiger partial charge in [-0.2, -0.15) is 0 Å². The fraction of sp³-hybridized carbons (Fsp3) is 0.800. The van der Waals surface area contributed by atoms with Gasteiger partial charge in [0.2, 0.25) is 0 Å². The van der Waals surface area contributed by atoms with E-state index in [1.807, 2.05) is 17.6 Å². The summed E-state index contributed by atoms with van der Waals surface area (Å²) >= 11 is 1.46. The van der Waals surface area contributed by atoms with Crippen LogP contribution in [0.2, 0.25) is 0 Å². The van der Waals surface area contributed by atoms with Crippen LogP contribution in [0.5, 0.6) is 0 Å². The first-order valence-corrected chi connectivity index (χ1v) is 10.9. The molecular formula is C20H42FN3S. The van der Waals surface area contributed by atoms with Gasteiger partial charge in [0, 0.05) is 6.20 Å². The molecule has 0 bridgehead atoms. The molecule has 1 aliphatic rings. The molecule has 5 heteroatoms. The van der Waals surface area contributed by atoms with Crippen molar-refractivity contribution in [2.75, 3.05) is 26.2 Å². The molecular weight excluding hydrogens is 333 g/mol. The molecule has 0 aromatic heterocycles. The van der Waals surface area contributed by atoms with E-state index in [1.54, 1.807) is 10.6 Å². The number of halogens is 1. The molecule has 0 fully saturated rings. The van der Waals surface area contributed by atoms with Crippen molar-refractivity contribution in [3.63, 3.8) is 0 Å². The topological polar surface area (TPSA) is 29.3 Å². The highest BCUT2D eigenvalue weighted by Gasteiger charge is 2.24. The third kappa shape index (κ3) is 14.3. The van der Waals surface area contributed by atoms with E-state index in [4.69, 9.17) is 5.84 Å². The number of hydrazine groups is 1. The van der Waals surface area contributed by atoms with Gasteiger partial charge in [-0.3, -0.25) is 4.41 Å². The quantitative estimate of drug-likeness (QED) is 0.323. The number of hydrogen-bond donors (Lipinski definition) is 1. The van der Waals surface area contributed by atoms with Crippen molar-refractivity contribution < 1.29 is 9.19 Å². The Labute approximate surface area is 160 Å². The average molecular weight is 376 g/mol. The Morgan fingerprint density at radius 2 is 1.16 bits per heavy atom. The van der Waals surface area contributed by atoms with Gasteiger partial charge in [-0.25, -0.2) is 5.84 Å². The minimum absolute atomic E-state index is 0. The first-order chi connectivity index (χ1) is 11.6. The summed E-state index contributed by atoms with van der Waals surface area (Å²) in [5, 5.41) is 1.92. The SMILES string of the molecule is CCCC[N+](CCCC)(CCCC)CCCC.NN1C=CC=CS1.[F-]. The second kappa shape index (κ2) is 18.3. The van der Waals surface area contributed by atoms with Crippen molar-refractivity contribution in [3.8, 4) is 0 Å². The standard InChI is InChI=1S/C16H36N.C4H6N2S.FH/c1-5-9-13-17(14-10-6-2,15-11-7-3)16-12-8-4;5-6-3-1-2-4-7-6;/h5-16H2,1-4H3;1-4H,5H2;1H/q+1;;/p-1. The molecule has 1 rings (SSSR count). The van der Waals surface area contributed by atoms with Gasteiger partial charge in [0.1, 0.15) is 0 Å². The molecule has 2 N–H and O–H groups in total. The smallest absolute Gasteiger partial charge is 0.0786 e. The molecule has 0 aromatic carbocycles. The largest absolute Gasteiger partial charge is 1.00 e. The molecule has 0 saturated heterocycles. The molecule has 0 aromatic rings. The van der Waals surface area contributed by atoms with Crippen LogP contribution in [0.25, 0.3) is 0 Å². The van der Waals surface area contributed by atoms with E-state index < -0.39 is 0 Å². The lowest BCUT2D eigenvalue weighted by Gasteiger charge is -2.39. The van der Waals surface area contributed by atoms with E-state index in [2.05, 4.69) is 27.7 Å². The van der Waals surface area contributed by atoms with Crippen LogP contribution in [0.1, 0.15) is 79.1 Å². The lowest BCUT2D eigenvalue weighted by atomic mass is 10.1. The van der Waals surface area contributed by atoms with E-state index in [-0.39, 0.29) is 4.70 Å². The van der Waals surface area contributed by atoms with Crippen molar-refractivity contribution in [2.24, 2.45) is 5.84 Å². The van der Waals surface area contributed by atoms with Crippen LogP contribution in [-0.2, 0) is 0 Å². The van der Waals surface area contributed by atoms with Crippen molar-refractivity contribution >= 4 is 11.9 Å². The van der Waals surface area contributed by atoms with E-state index >= 15 is 0 Å². The van der Waals surface area contributed by atoms with Gasteiger partial charge in [0.05, 0.1) is 26.2 Å². The predicted molar refractivity (Wildman–Crippen MR) is 111 cm³/mol. The van der Waals surface area contributed by atoms with Crippen LogP contribution < -0.4 is 10.5 Å². The third-order valence-corrected chi connectivity index (χ3v) is 5.19. The highest BCUT2D eigenvalue weighted by atomic mass is 32.2. The Morgan fingerprint density at radius 3 is 1.36 bits per heavy atom. The molecule has 1 heterocycles. The summed E-state index contributed by atoms with van der Waals surface area (Å²) in [5.41, 5.74) is 0. The number of quaternary nitrogens is 1. The zero-order chi connectivity index (χ0) is 18.1. The van der Waals surface area contributed by atoms with Gasteiger partial charge < -0.3 is 9.19 Å². The zero-order valence-electron chi connectivity index (χ0n) is 17.1. The van der Waals surface area contributed by atoms with E-state index in [9.17, 15) is 0 Å². The third-order valence-electron chi connectivity index (χ3n) is 4.55. The van der Waals surface area contributed by atoms with E-state index in [0.29, 0.717) is 0 Å².